The minimum absolute atomic E-state index is 0.310. The Balaban J connectivity index is 3.67. The summed E-state index contributed by atoms with van der Waals surface area (Å²) in [5, 5.41) is 32.9. The van der Waals surface area contributed by atoms with Gasteiger partial charge in [-0.05, 0) is 12.8 Å². The first-order valence-electron chi connectivity index (χ1n) is 16.8. The molecule has 0 spiro atoms. The first-order chi connectivity index (χ1) is 18.6. The Labute approximate surface area is 237 Å². The van der Waals surface area contributed by atoms with E-state index in [1.54, 1.807) is 0 Å². The van der Waals surface area contributed by atoms with Crippen molar-refractivity contribution in [3.8, 4) is 0 Å². The van der Waals surface area contributed by atoms with Crippen LogP contribution in [0.15, 0.2) is 0 Å². The summed E-state index contributed by atoms with van der Waals surface area (Å²) in [6, 6.07) is -0.702. The summed E-state index contributed by atoms with van der Waals surface area (Å²) in [5.41, 5.74) is 0. The number of carbonyl (C=O) groups is 1. The summed E-state index contributed by atoms with van der Waals surface area (Å²) in [4.78, 5) is 12.3. The fraction of sp³-hybridized carbons (Fsp3) is 0.970. The van der Waals surface area contributed by atoms with Gasteiger partial charge in [0.1, 0.15) is 6.10 Å². The SMILES string of the molecule is CCCCCCCCCCCCCCCCCC(O)C(=O)NC(CO)C(O)CCCCCCCCCCC. The molecule has 0 fully saturated rings. The molecule has 0 bridgehead atoms. The molecule has 0 saturated heterocycles. The molecular weight excluding hydrogens is 474 g/mol. The molecule has 0 rings (SSSR count). The Kier molecular flexibility index (Phi) is 28.8. The summed E-state index contributed by atoms with van der Waals surface area (Å²) in [5.74, 6) is -0.472. The van der Waals surface area contributed by atoms with Crippen molar-refractivity contribution < 1.29 is 20.1 Å². The molecule has 5 nitrogen and oxygen atoms in total. The van der Waals surface area contributed by atoms with Crippen LogP contribution in [0.5, 0.6) is 0 Å². The van der Waals surface area contributed by atoms with Crippen molar-refractivity contribution in [2.75, 3.05) is 6.61 Å². The molecule has 0 aromatic heterocycles. The van der Waals surface area contributed by atoms with E-state index in [1.165, 1.54) is 122 Å². The van der Waals surface area contributed by atoms with Crippen LogP contribution in [0.4, 0.5) is 0 Å². The van der Waals surface area contributed by atoms with Gasteiger partial charge in [-0.25, -0.2) is 0 Å². The number of amides is 1. The average molecular weight is 542 g/mol. The highest BCUT2D eigenvalue weighted by atomic mass is 16.3. The zero-order chi connectivity index (χ0) is 28.1. The summed E-state index contributed by atoms with van der Waals surface area (Å²) < 4.78 is 0. The second-order valence-corrected chi connectivity index (χ2v) is 11.7. The maximum absolute atomic E-state index is 12.3. The van der Waals surface area contributed by atoms with E-state index in [-0.39, 0.29) is 6.61 Å². The minimum atomic E-state index is -1.06. The maximum atomic E-state index is 12.3. The minimum Gasteiger partial charge on any atom is -0.394 e. The van der Waals surface area contributed by atoms with E-state index in [0.717, 1.165) is 32.1 Å². The Hall–Kier alpha value is -0.650. The van der Waals surface area contributed by atoms with Crippen LogP contribution in [-0.2, 0) is 4.79 Å². The average Bonchev–Trinajstić information content (AvgIpc) is 2.92. The number of nitrogens with one attached hydrogen (secondary N) is 1. The predicted octanol–water partition coefficient (Wildman–Crippen LogP) is 8.37. The Morgan fingerprint density at radius 3 is 1.18 bits per heavy atom. The maximum Gasteiger partial charge on any atom is 0.249 e. The summed E-state index contributed by atoms with van der Waals surface area (Å²) in [6.45, 7) is 4.19. The number of hydrogen-bond acceptors (Lipinski definition) is 4. The van der Waals surface area contributed by atoms with Gasteiger partial charge in [0.2, 0.25) is 5.91 Å². The lowest BCUT2D eigenvalue weighted by Crippen LogP contribution is -2.49. The molecule has 0 saturated carbocycles. The van der Waals surface area contributed by atoms with Gasteiger partial charge in [0.05, 0.1) is 18.8 Å². The van der Waals surface area contributed by atoms with Crippen molar-refractivity contribution in [2.45, 2.75) is 199 Å². The summed E-state index contributed by atoms with van der Waals surface area (Å²) in [6.07, 6.45) is 29.4. The van der Waals surface area contributed by atoms with E-state index in [4.69, 9.17) is 0 Å². The largest absolute Gasteiger partial charge is 0.394 e. The van der Waals surface area contributed by atoms with Crippen molar-refractivity contribution >= 4 is 5.91 Å². The van der Waals surface area contributed by atoms with Crippen LogP contribution >= 0.6 is 0 Å². The van der Waals surface area contributed by atoms with Gasteiger partial charge in [0, 0.05) is 0 Å². The van der Waals surface area contributed by atoms with Gasteiger partial charge in [0.15, 0.2) is 0 Å². The lowest BCUT2D eigenvalue weighted by Gasteiger charge is -2.23. The first-order valence-corrected chi connectivity index (χ1v) is 16.8. The van der Waals surface area contributed by atoms with Crippen LogP contribution in [0.1, 0.15) is 181 Å². The second-order valence-electron chi connectivity index (χ2n) is 11.7. The van der Waals surface area contributed by atoms with E-state index >= 15 is 0 Å². The van der Waals surface area contributed by atoms with Crippen molar-refractivity contribution in [1.82, 2.24) is 5.32 Å². The van der Waals surface area contributed by atoms with E-state index in [9.17, 15) is 20.1 Å². The van der Waals surface area contributed by atoms with E-state index in [1.807, 2.05) is 0 Å². The van der Waals surface area contributed by atoms with Gasteiger partial charge >= 0.3 is 0 Å². The normalized spacial score (nSPS) is 13.9. The van der Waals surface area contributed by atoms with Crippen LogP contribution in [0.3, 0.4) is 0 Å². The topological polar surface area (TPSA) is 89.8 Å². The second kappa shape index (κ2) is 29.3. The zero-order valence-corrected chi connectivity index (χ0v) is 25.6. The molecule has 0 aliphatic carbocycles. The van der Waals surface area contributed by atoms with Gasteiger partial charge in [-0.15, -0.1) is 0 Å². The fourth-order valence-corrected chi connectivity index (χ4v) is 5.25. The lowest BCUT2D eigenvalue weighted by atomic mass is 10.0. The van der Waals surface area contributed by atoms with Gasteiger partial charge in [-0.2, -0.15) is 0 Å². The summed E-state index contributed by atoms with van der Waals surface area (Å²) in [7, 11) is 0. The Morgan fingerprint density at radius 2 is 0.842 bits per heavy atom. The molecular formula is C33H67NO4. The number of hydrogen-bond donors (Lipinski definition) is 4. The monoisotopic (exact) mass is 542 g/mol. The number of aliphatic hydroxyl groups is 3. The number of unbranched alkanes of at least 4 members (excludes halogenated alkanes) is 22. The van der Waals surface area contributed by atoms with E-state index in [0.29, 0.717) is 12.8 Å². The molecule has 0 aliphatic heterocycles. The van der Waals surface area contributed by atoms with E-state index in [2.05, 4.69) is 19.2 Å². The molecule has 228 valence electrons. The quantitative estimate of drug-likeness (QED) is 0.0688. The van der Waals surface area contributed by atoms with Crippen molar-refractivity contribution in [1.29, 1.82) is 0 Å². The highest BCUT2D eigenvalue weighted by Crippen LogP contribution is 2.15. The van der Waals surface area contributed by atoms with Crippen molar-refractivity contribution in [2.24, 2.45) is 0 Å². The number of rotatable bonds is 30. The fourth-order valence-electron chi connectivity index (χ4n) is 5.25. The van der Waals surface area contributed by atoms with Crippen LogP contribution in [0.25, 0.3) is 0 Å². The zero-order valence-electron chi connectivity index (χ0n) is 25.6. The number of carbonyl (C=O) groups excluding carboxylic acids is 1. The first kappa shape index (κ1) is 37.4. The molecule has 3 unspecified atom stereocenters. The van der Waals surface area contributed by atoms with Gasteiger partial charge in [-0.1, -0.05) is 168 Å². The highest BCUT2D eigenvalue weighted by molar-refractivity contribution is 5.80. The summed E-state index contributed by atoms with van der Waals surface area (Å²) >= 11 is 0. The smallest absolute Gasteiger partial charge is 0.249 e. The van der Waals surface area contributed by atoms with E-state index < -0.39 is 24.2 Å². The van der Waals surface area contributed by atoms with Crippen LogP contribution in [-0.4, -0.2) is 46.1 Å². The van der Waals surface area contributed by atoms with Gasteiger partial charge in [-0.3, -0.25) is 4.79 Å². The molecule has 0 aromatic rings. The highest BCUT2D eigenvalue weighted by Gasteiger charge is 2.23. The predicted molar refractivity (Wildman–Crippen MR) is 162 cm³/mol. The van der Waals surface area contributed by atoms with Gasteiger partial charge < -0.3 is 20.6 Å². The molecule has 0 heterocycles. The molecule has 0 radical (unpaired) electrons. The molecule has 3 atom stereocenters. The van der Waals surface area contributed by atoms with Gasteiger partial charge in [0.25, 0.3) is 0 Å². The molecule has 0 aliphatic rings. The molecule has 38 heavy (non-hydrogen) atoms. The Bertz CT molecular complexity index is 488. The molecule has 0 aromatic carbocycles. The molecule has 4 N–H and O–H groups in total. The third kappa shape index (κ3) is 24.4. The molecule has 5 heteroatoms. The van der Waals surface area contributed by atoms with Crippen LogP contribution in [0.2, 0.25) is 0 Å². The number of aliphatic hydroxyl groups excluding tert-OH is 3. The lowest BCUT2D eigenvalue weighted by molar-refractivity contribution is -0.131. The van der Waals surface area contributed by atoms with Crippen molar-refractivity contribution in [3.05, 3.63) is 0 Å². The third-order valence-electron chi connectivity index (χ3n) is 7.98. The van der Waals surface area contributed by atoms with Crippen molar-refractivity contribution in [3.63, 3.8) is 0 Å². The Morgan fingerprint density at radius 1 is 0.526 bits per heavy atom. The standard InChI is InChI=1S/C33H67NO4/c1-3-5-7-9-11-13-14-15-16-17-18-20-22-24-26-28-32(37)33(38)34-30(29-35)31(36)27-25-23-21-19-12-10-8-6-4-2/h30-32,35-37H,3-29H2,1-2H3,(H,34,38). The van der Waals surface area contributed by atoms with Crippen LogP contribution in [0, 0.1) is 0 Å². The third-order valence-corrected chi connectivity index (χ3v) is 7.98. The molecule has 1 amide bonds. The van der Waals surface area contributed by atoms with Crippen LogP contribution < -0.4 is 5.32 Å².